The van der Waals surface area contributed by atoms with Crippen molar-refractivity contribution in [3.63, 3.8) is 0 Å². The first-order valence-corrected chi connectivity index (χ1v) is 5.53. The number of rotatable bonds is 3. The van der Waals surface area contributed by atoms with Crippen molar-refractivity contribution in [1.82, 2.24) is 10.3 Å². The molecule has 1 aliphatic heterocycles. The number of piperidine rings is 1. The third kappa shape index (κ3) is 2.76. The van der Waals surface area contributed by atoms with Crippen LogP contribution in [0.1, 0.15) is 17.7 Å². The largest absolute Gasteiger partial charge is 0.371 e. The molecule has 0 radical (unpaired) electrons. The summed E-state index contributed by atoms with van der Waals surface area (Å²) in [5, 5.41) is 3.33. The van der Waals surface area contributed by atoms with Gasteiger partial charge in [-0.1, -0.05) is 0 Å². The molecule has 4 heteroatoms. The van der Waals surface area contributed by atoms with Gasteiger partial charge < -0.3 is 10.1 Å². The van der Waals surface area contributed by atoms with Gasteiger partial charge >= 0.3 is 0 Å². The van der Waals surface area contributed by atoms with E-state index < -0.39 is 0 Å². The monoisotopic (exact) mass is 198 g/mol. The normalized spacial score (nSPS) is 23.2. The van der Waals surface area contributed by atoms with Crippen LogP contribution in [-0.4, -0.2) is 24.2 Å². The highest BCUT2D eigenvalue weighted by Crippen LogP contribution is 2.12. The zero-order valence-electron chi connectivity index (χ0n) is 7.53. The Morgan fingerprint density at radius 1 is 1.69 bits per heavy atom. The summed E-state index contributed by atoms with van der Waals surface area (Å²) in [6, 6.07) is 0. The summed E-state index contributed by atoms with van der Waals surface area (Å²) in [6.07, 6.45) is 4.69. The van der Waals surface area contributed by atoms with Crippen LogP contribution in [0, 0.1) is 0 Å². The average Bonchev–Trinajstić information content (AvgIpc) is 2.69. The lowest BCUT2D eigenvalue weighted by molar-refractivity contribution is 0.0266. The zero-order valence-corrected chi connectivity index (χ0v) is 8.35. The topological polar surface area (TPSA) is 34.1 Å². The van der Waals surface area contributed by atoms with Crippen LogP contribution in [0.3, 0.4) is 0 Å². The first-order valence-electron chi connectivity index (χ1n) is 4.65. The Morgan fingerprint density at radius 2 is 2.69 bits per heavy atom. The van der Waals surface area contributed by atoms with Crippen molar-refractivity contribution < 1.29 is 4.74 Å². The van der Waals surface area contributed by atoms with E-state index in [0.29, 0.717) is 6.10 Å². The summed E-state index contributed by atoms with van der Waals surface area (Å²) in [4.78, 5) is 5.22. The van der Waals surface area contributed by atoms with Gasteiger partial charge in [0.1, 0.15) is 0 Å². The van der Waals surface area contributed by atoms with Crippen LogP contribution in [0.5, 0.6) is 0 Å². The quantitative estimate of drug-likeness (QED) is 0.797. The second-order valence-electron chi connectivity index (χ2n) is 3.25. The Labute approximate surface area is 82.1 Å². The molecule has 1 aliphatic rings. The lowest BCUT2D eigenvalue weighted by atomic mass is 10.1. The van der Waals surface area contributed by atoms with Gasteiger partial charge in [-0.05, 0) is 19.4 Å². The lowest BCUT2D eigenvalue weighted by Crippen LogP contribution is -2.35. The molecular weight excluding hydrogens is 184 g/mol. The lowest BCUT2D eigenvalue weighted by Gasteiger charge is -2.22. The van der Waals surface area contributed by atoms with Gasteiger partial charge in [-0.3, -0.25) is 4.98 Å². The maximum atomic E-state index is 5.74. The minimum absolute atomic E-state index is 0.399. The molecule has 2 rings (SSSR count). The molecule has 0 amide bonds. The van der Waals surface area contributed by atoms with Crippen molar-refractivity contribution in [1.29, 1.82) is 0 Å². The molecule has 0 bridgehead atoms. The SMILES string of the molecule is c1ncc(CO[C@H]2CCCNC2)s1. The minimum Gasteiger partial charge on any atom is -0.371 e. The number of thiazole rings is 1. The van der Waals surface area contributed by atoms with Gasteiger partial charge in [0.05, 0.1) is 23.1 Å². The molecule has 0 spiro atoms. The van der Waals surface area contributed by atoms with E-state index in [2.05, 4.69) is 10.3 Å². The van der Waals surface area contributed by atoms with E-state index in [0.717, 1.165) is 19.7 Å². The third-order valence-corrected chi connectivity index (χ3v) is 2.95. The van der Waals surface area contributed by atoms with Gasteiger partial charge in [-0.2, -0.15) is 0 Å². The number of nitrogens with zero attached hydrogens (tertiary/aromatic N) is 1. The molecule has 1 aromatic heterocycles. The number of ether oxygens (including phenoxy) is 1. The molecule has 0 saturated carbocycles. The molecular formula is C9H14N2OS. The van der Waals surface area contributed by atoms with E-state index >= 15 is 0 Å². The van der Waals surface area contributed by atoms with E-state index in [1.54, 1.807) is 11.3 Å². The van der Waals surface area contributed by atoms with Gasteiger partial charge in [0.15, 0.2) is 0 Å². The number of hydrogen-bond donors (Lipinski definition) is 1. The Bertz CT molecular complexity index is 232. The average molecular weight is 198 g/mol. The van der Waals surface area contributed by atoms with Crippen LogP contribution >= 0.6 is 11.3 Å². The zero-order chi connectivity index (χ0) is 8.93. The van der Waals surface area contributed by atoms with Gasteiger partial charge in [-0.25, -0.2) is 0 Å². The summed E-state index contributed by atoms with van der Waals surface area (Å²) in [7, 11) is 0. The Balaban J connectivity index is 1.72. The predicted octanol–water partition coefficient (Wildman–Crippen LogP) is 1.41. The van der Waals surface area contributed by atoms with Crippen LogP contribution < -0.4 is 5.32 Å². The fraction of sp³-hybridized carbons (Fsp3) is 0.667. The Kier molecular flexibility index (Phi) is 3.29. The fourth-order valence-corrected chi connectivity index (χ4v) is 1.99. The Hall–Kier alpha value is -0.450. The summed E-state index contributed by atoms with van der Waals surface area (Å²) in [6.45, 7) is 2.86. The molecule has 0 aromatic carbocycles. The summed E-state index contributed by atoms with van der Waals surface area (Å²) < 4.78 is 5.74. The third-order valence-electron chi connectivity index (χ3n) is 2.20. The molecule has 0 unspecified atom stereocenters. The molecule has 3 nitrogen and oxygen atoms in total. The number of hydrogen-bond acceptors (Lipinski definition) is 4. The second-order valence-corrected chi connectivity index (χ2v) is 4.22. The molecule has 13 heavy (non-hydrogen) atoms. The summed E-state index contributed by atoms with van der Waals surface area (Å²) in [5.74, 6) is 0. The standard InChI is InChI=1S/C9H14N2OS/c1-2-8(4-10-3-1)12-6-9-5-11-7-13-9/h5,7-8,10H,1-4,6H2/t8-/m0/s1. The van der Waals surface area contributed by atoms with E-state index in [1.165, 1.54) is 17.7 Å². The summed E-state index contributed by atoms with van der Waals surface area (Å²) >= 11 is 1.65. The summed E-state index contributed by atoms with van der Waals surface area (Å²) in [5.41, 5.74) is 1.85. The first-order chi connectivity index (χ1) is 6.45. The maximum absolute atomic E-state index is 5.74. The fourth-order valence-electron chi connectivity index (χ4n) is 1.48. The number of nitrogens with one attached hydrogen (secondary N) is 1. The first kappa shape index (κ1) is 9.12. The molecule has 1 atom stereocenters. The van der Waals surface area contributed by atoms with Gasteiger partial charge in [0.25, 0.3) is 0 Å². The van der Waals surface area contributed by atoms with Crippen molar-refractivity contribution >= 4 is 11.3 Å². The van der Waals surface area contributed by atoms with Crippen LogP contribution in [0.15, 0.2) is 11.7 Å². The van der Waals surface area contributed by atoms with E-state index in [1.807, 2.05) is 11.7 Å². The Morgan fingerprint density at radius 3 is 3.38 bits per heavy atom. The van der Waals surface area contributed by atoms with Crippen molar-refractivity contribution in [2.45, 2.75) is 25.6 Å². The van der Waals surface area contributed by atoms with E-state index in [9.17, 15) is 0 Å². The molecule has 1 saturated heterocycles. The van der Waals surface area contributed by atoms with Crippen molar-refractivity contribution in [3.05, 3.63) is 16.6 Å². The van der Waals surface area contributed by atoms with Crippen molar-refractivity contribution in [2.75, 3.05) is 13.1 Å². The maximum Gasteiger partial charge on any atom is 0.0829 e. The minimum atomic E-state index is 0.399. The van der Waals surface area contributed by atoms with E-state index in [-0.39, 0.29) is 0 Å². The molecule has 0 aliphatic carbocycles. The molecule has 1 fully saturated rings. The molecule has 1 aromatic rings. The van der Waals surface area contributed by atoms with Crippen molar-refractivity contribution in [3.8, 4) is 0 Å². The highest BCUT2D eigenvalue weighted by Gasteiger charge is 2.12. The van der Waals surface area contributed by atoms with Crippen LogP contribution in [0.4, 0.5) is 0 Å². The number of aromatic nitrogens is 1. The molecule has 72 valence electrons. The van der Waals surface area contributed by atoms with E-state index in [4.69, 9.17) is 4.74 Å². The predicted molar refractivity (Wildman–Crippen MR) is 52.8 cm³/mol. The highest BCUT2D eigenvalue weighted by molar-refractivity contribution is 7.09. The molecule has 1 N–H and O–H groups in total. The van der Waals surface area contributed by atoms with Gasteiger partial charge in [0, 0.05) is 12.7 Å². The molecule has 2 heterocycles. The second kappa shape index (κ2) is 4.69. The van der Waals surface area contributed by atoms with Gasteiger partial charge in [0.2, 0.25) is 0 Å². The van der Waals surface area contributed by atoms with Crippen LogP contribution in [0.2, 0.25) is 0 Å². The van der Waals surface area contributed by atoms with Crippen LogP contribution in [-0.2, 0) is 11.3 Å². The highest BCUT2D eigenvalue weighted by atomic mass is 32.1. The van der Waals surface area contributed by atoms with Gasteiger partial charge in [-0.15, -0.1) is 11.3 Å². The van der Waals surface area contributed by atoms with Crippen LogP contribution in [0.25, 0.3) is 0 Å². The van der Waals surface area contributed by atoms with Crippen molar-refractivity contribution in [2.24, 2.45) is 0 Å². The smallest absolute Gasteiger partial charge is 0.0829 e.